The molecule has 2 N–H and O–H groups in total. The summed E-state index contributed by atoms with van der Waals surface area (Å²) < 4.78 is 5.31. The maximum Gasteiger partial charge on any atom is 0.329 e. The average molecular weight is 275 g/mol. The molecule has 2 rings (SSSR count). The van der Waals surface area contributed by atoms with Gasteiger partial charge in [-0.1, -0.05) is 0 Å². The lowest BCUT2D eigenvalue weighted by atomic mass is 10.2. The van der Waals surface area contributed by atoms with E-state index in [1.54, 1.807) is 0 Å². The molecule has 6 heteroatoms. The van der Waals surface area contributed by atoms with Gasteiger partial charge in [0.15, 0.2) is 0 Å². The molecule has 6 nitrogen and oxygen atoms in total. The Kier molecular flexibility index (Phi) is 4.70. The van der Waals surface area contributed by atoms with Crippen molar-refractivity contribution >= 4 is 18.0 Å². The summed E-state index contributed by atoms with van der Waals surface area (Å²) in [5.74, 6) is -0.618. The Morgan fingerprint density at radius 2 is 2.00 bits per heavy atom. The molecule has 2 amide bonds. The second-order valence-electron chi connectivity index (χ2n) is 4.45. The first-order valence-electron chi connectivity index (χ1n) is 6.56. The number of hydrogen-bond acceptors (Lipinski definition) is 4. The molecule has 1 fully saturated rings. The molecule has 106 valence electrons. The quantitative estimate of drug-likeness (QED) is 0.474. The molecule has 0 aliphatic heterocycles. The van der Waals surface area contributed by atoms with E-state index in [-0.39, 0.29) is 6.04 Å². The fourth-order valence-electron chi connectivity index (χ4n) is 1.51. The van der Waals surface area contributed by atoms with Crippen LogP contribution in [0.5, 0.6) is 5.75 Å². The molecular formula is C14H17N3O3. The van der Waals surface area contributed by atoms with Crippen LogP contribution in [0.15, 0.2) is 29.4 Å². The summed E-state index contributed by atoms with van der Waals surface area (Å²) in [4.78, 5) is 22.7. The minimum atomic E-state index is -0.751. The van der Waals surface area contributed by atoms with Crippen LogP contribution in [-0.2, 0) is 9.59 Å². The van der Waals surface area contributed by atoms with Crippen LogP contribution in [0.4, 0.5) is 0 Å². The number of rotatable bonds is 5. The van der Waals surface area contributed by atoms with Crippen molar-refractivity contribution in [2.45, 2.75) is 25.8 Å². The van der Waals surface area contributed by atoms with Gasteiger partial charge in [0.05, 0.1) is 12.8 Å². The Morgan fingerprint density at radius 3 is 2.60 bits per heavy atom. The van der Waals surface area contributed by atoms with E-state index in [4.69, 9.17) is 4.74 Å². The van der Waals surface area contributed by atoms with Crippen LogP contribution in [-0.4, -0.2) is 30.7 Å². The molecule has 0 atom stereocenters. The largest absolute Gasteiger partial charge is 0.494 e. The molecule has 1 saturated carbocycles. The second kappa shape index (κ2) is 6.70. The molecule has 0 unspecified atom stereocenters. The standard InChI is InChI=1S/C14H17N3O3/c1-2-20-12-7-3-10(4-8-12)9-15-17-14(19)13(18)16-11-5-6-11/h3-4,7-9,11H,2,5-6H2,1H3,(H,16,18)(H,17,19)/b15-9+. The van der Waals surface area contributed by atoms with Crippen molar-refractivity contribution in [1.82, 2.24) is 10.7 Å². The van der Waals surface area contributed by atoms with Crippen LogP contribution >= 0.6 is 0 Å². The highest BCUT2D eigenvalue weighted by molar-refractivity contribution is 6.35. The van der Waals surface area contributed by atoms with E-state index >= 15 is 0 Å². The highest BCUT2D eigenvalue weighted by Crippen LogP contribution is 2.18. The van der Waals surface area contributed by atoms with E-state index in [1.165, 1.54) is 6.21 Å². The van der Waals surface area contributed by atoms with Crippen molar-refractivity contribution in [2.75, 3.05) is 6.61 Å². The zero-order chi connectivity index (χ0) is 14.4. The minimum absolute atomic E-state index is 0.156. The van der Waals surface area contributed by atoms with Gasteiger partial charge in [-0.25, -0.2) is 5.43 Å². The molecule has 1 aromatic carbocycles. The molecule has 0 radical (unpaired) electrons. The number of hydrazone groups is 1. The molecule has 1 aliphatic carbocycles. The maximum atomic E-state index is 11.4. The van der Waals surface area contributed by atoms with E-state index in [0.29, 0.717) is 6.61 Å². The Labute approximate surface area is 117 Å². The highest BCUT2D eigenvalue weighted by Gasteiger charge is 2.26. The van der Waals surface area contributed by atoms with Gasteiger partial charge in [0.2, 0.25) is 0 Å². The zero-order valence-electron chi connectivity index (χ0n) is 11.3. The van der Waals surface area contributed by atoms with Crippen molar-refractivity contribution in [1.29, 1.82) is 0 Å². The number of nitrogens with one attached hydrogen (secondary N) is 2. The maximum absolute atomic E-state index is 11.4. The van der Waals surface area contributed by atoms with Crippen LogP contribution in [0.2, 0.25) is 0 Å². The molecule has 0 heterocycles. The van der Waals surface area contributed by atoms with Crippen molar-refractivity contribution < 1.29 is 14.3 Å². The molecule has 0 spiro atoms. The number of carbonyl (C=O) groups excluding carboxylic acids is 2. The van der Waals surface area contributed by atoms with Gasteiger partial charge < -0.3 is 10.1 Å². The van der Waals surface area contributed by atoms with Crippen LogP contribution in [0.1, 0.15) is 25.3 Å². The molecular weight excluding hydrogens is 258 g/mol. The van der Waals surface area contributed by atoms with Gasteiger partial charge in [-0.05, 0) is 49.6 Å². The monoisotopic (exact) mass is 275 g/mol. The summed E-state index contributed by atoms with van der Waals surface area (Å²) in [5, 5.41) is 6.32. The second-order valence-corrected chi connectivity index (χ2v) is 4.45. The number of amides is 2. The van der Waals surface area contributed by atoms with Gasteiger partial charge in [0.25, 0.3) is 0 Å². The highest BCUT2D eigenvalue weighted by atomic mass is 16.5. The molecule has 1 aromatic rings. The van der Waals surface area contributed by atoms with Crippen LogP contribution < -0.4 is 15.5 Å². The summed E-state index contributed by atoms with van der Waals surface area (Å²) >= 11 is 0. The number of benzene rings is 1. The smallest absolute Gasteiger partial charge is 0.329 e. The van der Waals surface area contributed by atoms with E-state index in [0.717, 1.165) is 24.2 Å². The summed E-state index contributed by atoms with van der Waals surface area (Å²) in [6.45, 7) is 2.52. The summed E-state index contributed by atoms with van der Waals surface area (Å²) in [5.41, 5.74) is 2.99. The average Bonchev–Trinajstić information content (AvgIpc) is 3.25. The Balaban J connectivity index is 1.79. The van der Waals surface area contributed by atoms with Gasteiger partial charge in [-0.3, -0.25) is 9.59 Å². The van der Waals surface area contributed by atoms with Crippen molar-refractivity contribution in [3.05, 3.63) is 29.8 Å². The number of hydrogen-bond donors (Lipinski definition) is 2. The summed E-state index contributed by atoms with van der Waals surface area (Å²) in [7, 11) is 0. The fraction of sp³-hybridized carbons (Fsp3) is 0.357. The van der Waals surface area contributed by atoms with Crippen LogP contribution in [0.25, 0.3) is 0 Å². The summed E-state index contributed by atoms with van der Waals surface area (Å²) in [6, 6.07) is 7.40. The normalized spacial score (nSPS) is 14.1. The van der Waals surface area contributed by atoms with Crippen molar-refractivity contribution in [3.8, 4) is 5.75 Å². The summed E-state index contributed by atoms with van der Waals surface area (Å²) in [6.07, 6.45) is 3.35. The first kappa shape index (κ1) is 14.0. The van der Waals surface area contributed by atoms with Crippen LogP contribution in [0.3, 0.4) is 0 Å². The molecule has 0 aromatic heterocycles. The number of carbonyl (C=O) groups is 2. The first-order valence-corrected chi connectivity index (χ1v) is 6.56. The molecule has 20 heavy (non-hydrogen) atoms. The van der Waals surface area contributed by atoms with Crippen LogP contribution in [0, 0.1) is 0 Å². The first-order chi connectivity index (χ1) is 9.69. The van der Waals surface area contributed by atoms with Gasteiger partial charge in [0, 0.05) is 6.04 Å². The SMILES string of the molecule is CCOc1ccc(/C=N/NC(=O)C(=O)NC2CC2)cc1. The lowest BCUT2D eigenvalue weighted by molar-refractivity contribution is -0.139. The van der Waals surface area contributed by atoms with Gasteiger partial charge in [-0.2, -0.15) is 5.10 Å². The van der Waals surface area contributed by atoms with E-state index in [9.17, 15) is 9.59 Å². The Morgan fingerprint density at radius 1 is 1.30 bits per heavy atom. The topological polar surface area (TPSA) is 79.8 Å². The van der Waals surface area contributed by atoms with Gasteiger partial charge >= 0.3 is 11.8 Å². The van der Waals surface area contributed by atoms with Crippen molar-refractivity contribution in [3.63, 3.8) is 0 Å². The lowest BCUT2D eigenvalue weighted by Gasteiger charge is -2.02. The van der Waals surface area contributed by atoms with E-state index < -0.39 is 11.8 Å². The Bertz CT molecular complexity index is 507. The zero-order valence-corrected chi connectivity index (χ0v) is 11.3. The molecule has 0 bridgehead atoms. The van der Waals surface area contributed by atoms with Crippen molar-refractivity contribution in [2.24, 2.45) is 5.10 Å². The third-order valence-electron chi connectivity index (χ3n) is 2.69. The third-order valence-corrected chi connectivity index (χ3v) is 2.69. The number of nitrogens with zero attached hydrogens (tertiary/aromatic N) is 1. The van der Waals surface area contributed by atoms with E-state index in [1.807, 2.05) is 31.2 Å². The van der Waals surface area contributed by atoms with E-state index in [2.05, 4.69) is 15.8 Å². The predicted molar refractivity (Wildman–Crippen MR) is 74.5 cm³/mol. The predicted octanol–water partition coefficient (Wildman–Crippen LogP) is 0.814. The fourth-order valence-corrected chi connectivity index (χ4v) is 1.51. The Hall–Kier alpha value is -2.37. The minimum Gasteiger partial charge on any atom is -0.494 e. The number of ether oxygens (including phenoxy) is 1. The van der Waals surface area contributed by atoms with Gasteiger partial charge in [0.1, 0.15) is 5.75 Å². The lowest BCUT2D eigenvalue weighted by Crippen LogP contribution is -2.38. The molecule has 1 aliphatic rings. The van der Waals surface area contributed by atoms with Gasteiger partial charge in [-0.15, -0.1) is 0 Å². The third kappa shape index (κ3) is 4.38. The molecule has 0 saturated heterocycles.